The van der Waals surface area contributed by atoms with Crippen molar-refractivity contribution in [1.82, 2.24) is 4.57 Å². The Labute approximate surface area is 71.8 Å². The van der Waals surface area contributed by atoms with Gasteiger partial charge in [-0.05, 0) is 25.0 Å². The second kappa shape index (κ2) is 3.54. The van der Waals surface area contributed by atoms with E-state index in [9.17, 15) is 4.79 Å². The summed E-state index contributed by atoms with van der Waals surface area (Å²) in [6, 6.07) is 3.66. The lowest BCUT2D eigenvalue weighted by atomic mass is 10.1. The van der Waals surface area contributed by atoms with Gasteiger partial charge in [-0.25, -0.2) is 0 Å². The van der Waals surface area contributed by atoms with E-state index >= 15 is 0 Å². The molecule has 0 aromatic carbocycles. The number of hydrogen-bond donors (Lipinski definition) is 1. The van der Waals surface area contributed by atoms with E-state index in [0.717, 1.165) is 12.0 Å². The molecule has 3 heteroatoms. The van der Waals surface area contributed by atoms with Crippen LogP contribution < -0.4 is 11.3 Å². The maximum Gasteiger partial charge on any atom is 0.250 e. The molecule has 0 saturated heterocycles. The van der Waals surface area contributed by atoms with E-state index in [0.29, 0.717) is 0 Å². The van der Waals surface area contributed by atoms with Gasteiger partial charge in [-0.2, -0.15) is 0 Å². The van der Waals surface area contributed by atoms with Crippen molar-refractivity contribution in [3.63, 3.8) is 0 Å². The second-order valence-corrected chi connectivity index (χ2v) is 3.17. The lowest BCUT2D eigenvalue weighted by Crippen LogP contribution is -2.21. The predicted molar refractivity (Wildman–Crippen MR) is 49.0 cm³/mol. The summed E-state index contributed by atoms with van der Waals surface area (Å²) in [4.78, 5) is 11.1. The molecule has 0 amide bonds. The van der Waals surface area contributed by atoms with E-state index in [1.165, 1.54) is 0 Å². The number of aryl methyl sites for hydroxylation is 1. The molecule has 1 atom stereocenters. The van der Waals surface area contributed by atoms with Gasteiger partial charge in [0.1, 0.15) is 0 Å². The van der Waals surface area contributed by atoms with Crippen LogP contribution in [0.2, 0.25) is 0 Å². The summed E-state index contributed by atoms with van der Waals surface area (Å²) in [5, 5.41) is 0. The number of aromatic nitrogens is 1. The highest BCUT2D eigenvalue weighted by atomic mass is 16.1. The first-order chi connectivity index (χ1) is 5.59. The van der Waals surface area contributed by atoms with Crippen LogP contribution in [0.3, 0.4) is 0 Å². The molecule has 0 bridgehead atoms. The highest BCUT2D eigenvalue weighted by Gasteiger charge is 1.98. The Morgan fingerprint density at radius 3 is 2.83 bits per heavy atom. The Morgan fingerprint density at radius 1 is 1.67 bits per heavy atom. The minimum atomic E-state index is 0.0214. The fraction of sp³-hybridized carbons (Fsp3) is 0.444. The Balaban J connectivity index is 2.90. The molecule has 1 aromatic rings. The Kier molecular flexibility index (Phi) is 2.65. The molecule has 0 radical (unpaired) electrons. The molecule has 3 nitrogen and oxygen atoms in total. The largest absolute Gasteiger partial charge is 0.328 e. The van der Waals surface area contributed by atoms with Gasteiger partial charge >= 0.3 is 0 Å². The molecular formula is C9H14N2O. The molecule has 0 spiro atoms. The zero-order valence-corrected chi connectivity index (χ0v) is 7.45. The van der Waals surface area contributed by atoms with Gasteiger partial charge in [0, 0.05) is 25.4 Å². The van der Waals surface area contributed by atoms with Gasteiger partial charge in [-0.3, -0.25) is 4.79 Å². The average Bonchev–Trinajstić information content (AvgIpc) is 1.96. The number of nitrogens with zero attached hydrogens (tertiary/aromatic N) is 1. The van der Waals surface area contributed by atoms with E-state index in [-0.39, 0.29) is 11.6 Å². The van der Waals surface area contributed by atoms with E-state index in [1.807, 2.05) is 13.0 Å². The van der Waals surface area contributed by atoms with Crippen molar-refractivity contribution in [2.45, 2.75) is 19.4 Å². The van der Waals surface area contributed by atoms with E-state index in [1.54, 1.807) is 23.9 Å². The van der Waals surface area contributed by atoms with Crippen molar-refractivity contribution in [2.75, 3.05) is 0 Å². The number of hydrogen-bond acceptors (Lipinski definition) is 2. The molecule has 1 unspecified atom stereocenters. The molecule has 0 aliphatic rings. The Hall–Kier alpha value is -1.09. The molecule has 1 heterocycles. The minimum Gasteiger partial charge on any atom is -0.328 e. The molecule has 0 fully saturated rings. The quantitative estimate of drug-likeness (QED) is 0.685. The summed E-state index contributed by atoms with van der Waals surface area (Å²) in [6.45, 7) is 1.93. The number of rotatable bonds is 2. The van der Waals surface area contributed by atoms with Gasteiger partial charge in [-0.15, -0.1) is 0 Å². The molecule has 0 aliphatic carbocycles. The third-order valence-electron chi connectivity index (χ3n) is 1.73. The second-order valence-electron chi connectivity index (χ2n) is 3.17. The SMILES string of the molecule is CC(N)Cc1ccn(C)c(=O)c1. The van der Waals surface area contributed by atoms with Gasteiger partial charge in [0.15, 0.2) is 0 Å². The maximum absolute atomic E-state index is 11.1. The third kappa shape index (κ3) is 2.20. The topological polar surface area (TPSA) is 48.0 Å². The predicted octanol–water partition coefficient (Wildman–Crippen LogP) is 0.275. The van der Waals surface area contributed by atoms with Crippen molar-refractivity contribution in [1.29, 1.82) is 0 Å². The van der Waals surface area contributed by atoms with Crippen LogP contribution in [-0.4, -0.2) is 10.6 Å². The van der Waals surface area contributed by atoms with Crippen LogP contribution in [-0.2, 0) is 13.5 Å². The summed E-state index contributed by atoms with van der Waals surface area (Å²) in [7, 11) is 1.73. The summed E-state index contributed by atoms with van der Waals surface area (Å²) in [5.41, 5.74) is 6.63. The summed E-state index contributed by atoms with van der Waals surface area (Å²) in [6.07, 6.45) is 2.52. The maximum atomic E-state index is 11.1. The van der Waals surface area contributed by atoms with Crippen LogP contribution in [0.25, 0.3) is 0 Å². The van der Waals surface area contributed by atoms with E-state index in [2.05, 4.69) is 0 Å². The molecule has 0 saturated carbocycles. The number of nitrogens with two attached hydrogens (primary N) is 1. The lowest BCUT2D eigenvalue weighted by Gasteiger charge is -2.04. The van der Waals surface area contributed by atoms with Crippen molar-refractivity contribution in [3.8, 4) is 0 Å². The fourth-order valence-electron chi connectivity index (χ4n) is 1.09. The van der Waals surface area contributed by atoms with Crippen LogP contribution in [0.15, 0.2) is 23.1 Å². The molecule has 2 N–H and O–H groups in total. The van der Waals surface area contributed by atoms with Crippen molar-refractivity contribution in [3.05, 3.63) is 34.2 Å². The van der Waals surface area contributed by atoms with Crippen molar-refractivity contribution < 1.29 is 0 Å². The van der Waals surface area contributed by atoms with Gasteiger partial charge in [-0.1, -0.05) is 0 Å². The first-order valence-electron chi connectivity index (χ1n) is 4.00. The molecular weight excluding hydrogens is 152 g/mol. The lowest BCUT2D eigenvalue weighted by molar-refractivity contribution is 0.731. The standard InChI is InChI=1S/C9H14N2O/c1-7(10)5-8-3-4-11(2)9(12)6-8/h3-4,6-7H,5,10H2,1-2H3. The normalized spacial score (nSPS) is 12.9. The summed E-state index contributed by atoms with van der Waals surface area (Å²) < 4.78 is 1.55. The highest BCUT2D eigenvalue weighted by Crippen LogP contribution is 1.97. The van der Waals surface area contributed by atoms with E-state index in [4.69, 9.17) is 5.73 Å². The zero-order chi connectivity index (χ0) is 9.14. The molecule has 1 rings (SSSR count). The summed E-state index contributed by atoms with van der Waals surface area (Å²) in [5.74, 6) is 0. The average molecular weight is 166 g/mol. The molecule has 66 valence electrons. The first-order valence-corrected chi connectivity index (χ1v) is 4.00. The number of pyridine rings is 1. The smallest absolute Gasteiger partial charge is 0.250 e. The van der Waals surface area contributed by atoms with Crippen LogP contribution in [0.1, 0.15) is 12.5 Å². The van der Waals surface area contributed by atoms with E-state index < -0.39 is 0 Å². The van der Waals surface area contributed by atoms with Crippen LogP contribution >= 0.6 is 0 Å². The Morgan fingerprint density at radius 2 is 2.33 bits per heavy atom. The van der Waals surface area contributed by atoms with Gasteiger partial charge in [0.2, 0.25) is 0 Å². The highest BCUT2D eigenvalue weighted by molar-refractivity contribution is 5.11. The molecule has 1 aromatic heterocycles. The van der Waals surface area contributed by atoms with Crippen molar-refractivity contribution in [2.24, 2.45) is 12.8 Å². The minimum absolute atomic E-state index is 0.0214. The van der Waals surface area contributed by atoms with Crippen molar-refractivity contribution >= 4 is 0 Å². The Bertz CT molecular complexity index is 315. The van der Waals surface area contributed by atoms with Gasteiger partial charge in [0.05, 0.1) is 0 Å². The van der Waals surface area contributed by atoms with Gasteiger partial charge < -0.3 is 10.3 Å². The van der Waals surface area contributed by atoms with Crippen LogP contribution in [0, 0.1) is 0 Å². The molecule has 0 aliphatic heterocycles. The fourth-order valence-corrected chi connectivity index (χ4v) is 1.09. The summed E-state index contributed by atoms with van der Waals surface area (Å²) >= 11 is 0. The van der Waals surface area contributed by atoms with Crippen LogP contribution in [0.5, 0.6) is 0 Å². The van der Waals surface area contributed by atoms with Crippen LogP contribution in [0.4, 0.5) is 0 Å². The monoisotopic (exact) mass is 166 g/mol. The van der Waals surface area contributed by atoms with Gasteiger partial charge in [0.25, 0.3) is 5.56 Å². The third-order valence-corrected chi connectivity index (χ3v) is 1.73. The zero-order valence-electron chi connectivity index (χ0n) is 7.45. The molecule has 12 heavy (non-hydrogen) atoms. The first kappa shape index (κ1) is 9.00.